The summed E-state index contributed by atoms with van der Waals surface area (Å²) in [6.07, 6.45) is 2.26. The molecule has 0 amide bonds. The van der Waals surface area contributed by atoms with Gasteiger partial charge in [0.15, 0.2) is 0 Å². The van der Waals surface area contributed by atoms with E-state index in [4.69, 9.17) is 9.47 Å². The molecule has 3 heterocycles. The normalized spacial score (nSPS) is 17.1. The van der Waals surface area contributed by atoms with E-state index in [2.05, 4.69) is 21.9 Å². The summed E-state index contributed by atoms with van der Waals surface area (Å²) >= 11 is 1.48. The van der Waals surface area contributed by atoms with Crippen molar-refractivity contribution in [1.29, 1.82) is 0 Å². The number of hydrogen-bond donors (Lipinski definition) is 1. The summed E-state index contributed by atoms with van der Waals surface area (Å²) in [6.45, 7) is 6.03. The molecule has 0 aliphatic carbocycles. The van der Waals surface area contributed by atoms with Crippen LogP contribution >= 0.6 is 11.3 Å². The number of aryl methyl sites for hydroxylation is 1. The van der Waals surface area contributed by atoms with Crippen LogP contribution in [0.3, 0.4) is 0 Å². The molecular weight excluding hydrogens is 376 g/mol. The summed E-state index contributed by atoms with van der Waals surface area (Å²) in [7, 11) is 3.33. The topological polar surface area (TPSA) is 72.1 Å². The molecule has 0 radical (unpaired) electrons. The van der Waals surface area contributed by atoms with Crippen molar-refractivity contribution in [2.45, 2.75) is 32.7 Å². The predicted octanol–water partition coefficient (Wildman–Crippen LogP) is 3.64. The molecule has 1 saturated heterocycles. The second-order valence-electron chi connectivity index (χ2n) is 7.37. The Morgan fingerprint density at radius 3 is 2.61 bits per heavy atom. The van der Waals surface area contributed by atoms with Crippen LogP contribution in [0.15, 0.2) is 18.2 Å². The van der Waals surface area contributed by atoms with Gasteiger partial charge in [-0.15, -0.1) is 5.10 Å². The molecule has 7 nitrogen and oxygen atoms in total. The number of rotatable bonds is 5. The van der Waals surface area contributed by atoms with Crippen LogP contribution in [-0.2, 0) is 0 Å². The molecule has 3 aromatic rings. The van der Waals surface area contributed by atoms with Gasteiger partial charge in [-0.05, 0) is 57.0 Å². The highest BCUT2D eigenvalue weighted by molar-refractivity contribution is 7.17. The number of benzene rings is 1. The minimum atomic E-state index is -0.147. The van der Waals surface area contributed by atoms with Gasteiger partial charge in [0.2, 0.25) is 10.8 Å². The number of methoxy groups -OCH3 is 2. The Morgan fingerprint density at radius 1 is 1.21 bits per heavy atom. The Balaban J connectivity index is 1.87. The summed E-state index contributed by atoms with van der Waals surface area (Å²) in [5.41, 5.74) is 0.980. The van der Waals surface area contributed by atoms with E-state index in [-0.39, 0.29) is 11.9 Å². The van der Waals surface area contributed by atoms with E-state index in [0.717, 1.165) is 47.9 Å². The van der Waals surface area contributed by atoms with Gasteiger partial charge in [0.1, 0.15) is 17.3 Å². The second-order valence-corrected chi connectivity index (χ2v) is 8.38. The summed E-state index contributed by atoms with van der Waals surface area (Å²) in [4.78, 5) is 8.38. The molecule has 1 aromatic carbocycles. The Bertz CT molecular complexity index is 975. The van der Waals surface area contributed by atoms with Crippen molar-refractivity contribution in [3.8, 4) is 17.4 Å². The first-order valence-corrected chi connectivity index (χ1v) is 10.3. The SMILES string of the molecule is COc1ccc(OC)c([C@@H](c2sc3nc(C)nn3c2O)N2CCC(C)CC2)c1. The van der Waals surface area contributed by atoms with Gasteiger partial charge in [-0.2, -0.15) is 4.52 Å². The van der Waals surface area contributed by atoms with Crippen LogP contribution in [-0.4, -0.2) is 51.9 Å². The zero-order valence-electron chi connectivity index (χ0n) is 16.7. The van der Waals surface area contributed by atoms with Gasteiger partial charge >= 0.3 is 0 Å². The number of aromatic hydroxyl groups is 1. The lowest BCUT2D eigenvalue weighted by Crippen LogP contribution is -2.36. The third-order valence-electron chi connectivity index (χ3n) is 5.47. The van der Waals surface area contributed by atoms with Crippen LogP contribution in [0.25, 0.3) is 4.96 Å². The van der Waals surface area contributed by atoms with Crippen LogP contribution in [0.2, 0.25) is 0 Å². The first kappa shape index (κ1) is 19.0. The maximum atomic E-state index is 11.0. The highest BCUT2D eigenvalue weighted by Gasteiger charge is 2.33. The van der Waals surface area contributed by atoms with Crippen molar-refractivity contribution in [3.05, 3.63) is 34.5 Å². The molecule has 150 valence electrons. The van der Waals surface area contributed by atoms with Crippen molar-refractivity contribution in [3.63, 3.8) is 0 Å². The largest absolute Gasteiger partial charge is 0.497 e. The summed E-state index contributed by atoms with van der Waals surface area (Å²) in [5.74, 6) is 3.05. The lowest BCUT2D eigenvalue weighted by Gasteiger charge is -2.37. The Hall–Kier alpha value is -2.32. The van der Waals surface area contributed by atoms with E-state index in [1.54, 1.807) is 14.2 Å². The zero-order chi connectivity index (χ0) is 19.8. The minimum Gasteiger partial charge on any atom is -0.497 e. The Kier molecular flexibility index (Phi) is 5.16. The first-order valence-electron chi connectivity index (χ1n) is 9.52. The summed E-state index contributed by atoms with van der Waals surface area (Å²) < 4.78 is 12.7. The fourth-order valence-corrected chi connectivity index (χ4v) is 5.02. The molecule has 28 heavy (non-hydrogen) atoms. The Labute approximate surface area is 168 Å². The number of likely N-dealkylation sites (tertiary alicyclic amines) is 1. The van der Waals surface area contributed by atoms with Crippen molar-refractivity contribution >= 4 is 16.3 Å². The van der Waals surface area contributed by atoms with Crippen molar-refractivity contribution < 1.29 is 14.6 Å². The number of hydrogen-bond acceptors (Lipinski definition) is 7. The van der Waals surface area contributed by atoms with E-state index in [9.17, 15) is 5.11 Å². The molecule has 0 unspecified atom stereocenters. The molecule has 1 atom stereocenters. The van der Waals surface area contributed by atoms with Crippen LogP contribution in [0.1, 0.15) is 42.1 Å². The van der Waals surface area contributed by atoms with Gasteiger partial charge in [0.05, 0.1) is 25.1 Å². The molecule has 0 bridgehead atoms. The molecule has 1 fully saturated rings. The van der Waals surface area contributed by atoms with Crippen molar-refractivity contribution in [2.75, 3.05) is 27.3 Å². The van der Waals surface area contributed by atoms with Crippen LogP contribution in [0.5, 0.6) is 17.4 Å². The van der Waals surface area contributed by atoms with Gasteiger partial charge in [-0.25, -0.2) is 4.98 Å². The number of aromatic nitrogens is 3. The summed E-state index contributed by atoms with van der Waals surface area (Å²) in [5, 5.41) is 15.3. The molecular formula is C20H26N4O3S. The third kappa shape index (κ3) is 3.31. The molecule has 2 aromatic heterocycles. The van der Waals surface area contributed by atoms with E-state index in [1.165, 1.54) is 15.9 Å². The smallest absolute Gasteiger partial charge is 0.230 e. The molecule has 4 rings (SSSR count). The van der Waals surface area contributed by atoms with Crippen molar-refractivity contribution in [2.24, 2.45) is 5.92 Å². The van der Waals surface area contributed by atoms with Gasteiger partial charge < -0.3 is 14.6 Å². The number of piperidine rings is 1. The quantitative estimate of drug-likeness (QED) is 0.702. The first-order chi connectivity index (χ1) is 13.5. The fourth-order valence-electron chi connectivity index (χ4n) is 3.87. The van der Waals surface area contributed by atoms with Crippen LogP contribution in [0, 0.1) is 12.8 Å². The molecule has 1 N–H and O–H groups in total. The molecule has 0 saturated carbocycles. The average molecular weight is 403 g/mol. The molecule has 8 heteroatoms. The number of ether oxygens (including phenoxy) is 2. The molecule has 0 spiro atoms. The number of fused-ring (bicyclic) bond motifs is 1. The maximum Gasteiger partial charge on any atom is 0.230 e. The molecule has 1 aliphatic heterocycles. The number of thiazole rings is 1. The number of nitrogens with zero attached hydrogens (tertiary/aromatic N) is 4. The minimum absolute atomic E-state index is 0.147. The zero-order valence-corrected chi connectivity index (χ0v) is 17.5. The Morgan fingerprint density at radius 2 is 1.96 bits per heavy atom. The lowest BCUT2D eigenvalue weighted by molar-refractivity contribution is 0.155. The summed E-state index contributed by atoms with van der Waals surface area (Å²) in [6, 6.07) is 5.67. The average Bonchev–Trinajstić information content (AvgIpc) is 3.21. The highest BCUT2D eigenvalue weighted by Crippen LogP contribution is 2.44. The van der Waals surface area contributed by atoms with Crippen molar-refractivity contribution in [1.82, 2.24) is 19.5 Å². The fraction of sp³-hybridized carbons (Fsp3) is 0.500. The van der Waals surface area contributed by atoms with Gasteiger partial charge in [0, 0.05) is 5.56 Å². The van der Waals surface area contributed by atoms with Gasteiger partial charge in [-0.1, -0.05) is 18.3 Å². The maximum absolute atomic E-state index is 11.0. The monoisotopic (exact) mass is 402 g/mol. The standard InChI is InChI=1S/C20H26N4O3S/c1-12-7-9-23(10-8-12)17(15-11-14(26-3)5-6-16(15)27-4)18-19(25)24-20(28-18)21-13(2)22-24/h5-6,11-12,17,25H,7-10H2,1-4H3/t17-/m0/s1. The molecule has 1 aliphatic rings. The highest BCUT2D eigenvalue weighted by atomic mass is 32.1. The van der Waals surface area contributed by atoms with Crippen LogP contribution in [0.4, 0.5) is 0 Å². The van der Waals surface area contributed by atoms with Crippen LogP contribution < -0.4 is 9.47 Å². The van der Waals surface area contributed by atoms with E-state index in [1.807, 2.05) is 25.1 Å². The van der Waals surface area contributed by atoms with E-state index in [0.29, 0.717) is 16.7 Å². The lowest BCUT2D eigenvalue weighted by atomic mass is 9.94. The van der Waals surface area contributed by atoms with Gasteiger partial charge in [0.25, 0.3) is 0 Å². The van der Waals surface area contributed by atoms with E-state index >= 15 is 0 Å². The van der Waals surface area contributed by atoms with E-state index < -0.39 is 0 Å². The van der Waals surface area contributed by atoms with Gasteiger partial charge in [-0.3, -0.25) is 4.90 Å². The second kappa shape index (κ2) is 7.60. The third-order valence-corrected chi connectivity index (χ3v) is 6.54. The predicted molar refractivity (Wildman–Crippen MR) is 109 cm³/mol.